The molecule has 1 saturated carbocycles. The Labute approximate surface area is 280 Å². The van der Waals surface area contributed by atoms with Crippen LogP contribution in [0.3, 0.4) is 0 Å². The van der Waals surface area contributed by atoms with Gasteiger partial charge in [0.2, 0.25) is 0 Å². The van der Waals surface area contributed by atoms with Crippen molar-refractivity contribution in [1.82, 2.24) is 0 Å². The van der Waals surface area contributed by atoms with Crippen molar-refractivity contribution in [3.8, 4) is 12.1 Å². The lowest BCUT2D eigenvalue weighted by Gasteiger charge is -2.41. The number of hydrogen-bond donors (Lipinski definition) is 0. The Kier molecular flexibility index (Phi) is 7.85. The lowest BCUT2D eigenvalue weighted by atomic mass is 9.80. The predicted octanol–water partition coefficient (Wildman–Crippen LogP) is 9.79. The van der Waals surface area contributed by atoms with Gasteiger partial charge < -0.3 is 19.6 Å². The monoisotopic (exact) mass is 620 g/mol. The molecule has 0 amide bonds. The first-order valence-corrected chi connectivity index (χ1v) is 17.1. The molecule has 0 aromatic heterocycles. The molecule has 1 aliphatic carbocycles. The van der Waals surface area contributed by atoms with Crippen molar-refractivity contribution in [3.63, 3.8) is 0 Å². The van der Waals surface area contributed by atoms with E-state index in [0.29, 0.717) is 29.1 Å². The summed E-state index contributed by atoms with van der Waals surface area (Å²) in [5.74, 6) is 0.470. The van der Waals surface area contributed by atoms with E-state index in [1.165, 1.54) is 58.7 Å². The van der Waals surface area contributed by atoms with Crippen LogP contribution in [-0.2, 0) is 0 Å². The predicted molar refractivity (Wildman–Crippen MR) is 193 cm³/mol. The summed E-state index contributed by atoms with van der Waals surface area (Å²) >= 11 is 0. The summed E-state index contributed by atoms with van der Waals surface area (Å²) in [7, 11) is 0. The summed E-state index contributed by atoms with van der Waals surface area (Å²) in [5, 5.41) is 19.3. The van der Waals surface area contributed by atoms with Gasteiger partial charge in [-0.25, -0.2) is 0 Å². The fourth-order valence-corrected chi connectivity index (χ4v) is 8.61. The van der Waals surface area contributed by atoms with E-state index in [0.717, 1.165) is 17.8 Å². The minimum Gasteiger partial charge on any atom is -0.347 e. The van der Waals surface area contributed by atoms with Gasteiger partial charge >= 0.3 is 0 Å². The van der Waals surface area contributed by atoms with Gasteiger partial charge in [-0.15, -0.1) is 0 Å². The van der Waals surface area contributed by atoms with Crippen LogP contribution in [-0.4, -0.2) is 24.4 Å². The molecule has 0 saturated heterocycles. The number of benzene rings is 4. The molecule has 6 heteroatoms. The molecule has 6 nitrogen and oxygen atoms in total. The SMILES string of the molecule is Cc1ccc(C#N)cc1N1c2ccc(C3CCCC(N4c5ccccc5N(c5cc(C#N)ccc5C)C4C)C3)cc2N(C(C)C)C1C. The zero-order valence-corrected chi connectivity index (χ0v) is 28.4. The van der Waals surface area contributed by atoms with Gasteiger partial charge in [-0.3, -0.25) is 0 Å². The molecule has 4 atom stereocenters. The number of para-hydroxylation sites is 2. The van der Waals surface area contributed by atoms with Gasteiger partial charge in [0.25, 0.3) is 0 Å². The topological polar surface area (TPSA) is 60.5 Å². The fourth-order valence-electron chi connectivity index (χ4n) is 8.61. The maximum absolute atomic E-state index is 9.68. The van der Waals surface area contributed by atoms with Crippen LogP contribution in [0.5, 0.6) is 0 Å². The molecular weight excluding hydrogens is 576 g/mol. The van der Waals surface area contributed by atoms with E-state index in [4.69, 9.17) is 0 Å². The molecule has 1 fully saturated rings. The smallest absolute Gasteiger partial charge is 0.104 e. The van der Waals surface area contributed by atoms with E-state index < -0.39 is 0 Å². The van der Waals surface area contributed by atoms with E-state index in [-0.39, 0.29) is 12.3 Å². The van der Waals surface area contributed by atoms with Gasteiger partial charge in [0.15, 0.2) is 0 Å². The second kappa shape index (κ2) is 12.0. The van der Waals surface area contributed by atoms with Crippen LogP contribution in [0.4, 0.5) is 34.1 Å². The Hall–Kier alpha value is -4.94. The van der Waals surface area contributed by atoms with Crippen LogP contribution in [0.25, 0.3) is 0 Å². The number of hydrogen-bond acceptors (Lipinski definition) is 6. The first-order chi connectivity index (χ1) is 22.7. The van der Waals surface area contributed by atoms with Crippen molar-refractivity contribution in [2.75, 3.05) is 19.6 Å². The second-order valence-electron chi connectivity index (χ2n) is 13.9. The Morgan fingerprint density at radius 3 is 1.87 bits per heavy atom. The maximum atomic E-state index is 9.68. The quantitative estimate of drug-likeness (QED) is 0.221. The minimum atomic E-state index is 0.141. The molecule has 0 bridgehead atoms. The third-order valence-corrected chi connectivity index (χ3v) is 10.8. The highest BCUT2D eigenvalue weighted by Gasteiger charge is 2.41. The van der Waals surface area contributed by atoms with Gasteiger partial charge in [0, 0.05) is 23.5 Å². The standard InChI is InChI=1S/C41H44N6/c1-26(2)44-29(5)46(39-20-31(24-42)16-14-27(39)3)38-19-18-34(23-41(38)44)33-10-9-11-35(22-33)45-30(6)47(37-13-8-7-12-36(37)45)40-21-32(25-43)17-15-28(40)4/h7-8,12-21,23,26,29-30,33,35H,9-11,22H2,1-6H3. The second-order valence-corrected chi connectivity index (χ2v) is 13.9. The normalized spacial score (nSPS) is 21.9. The van der Waals surface area contributed by atoms with E-state index in [9.17, 15) is 10.5 Å². The van der Waals surface area contributed by atoms with Gasteiger partial charge in [-0.2, -0.15) is 10.5 Å². The molecule has 4 aromatic rings. The first-order valence-electron chi connectivity index (χ1n) is 17.1. The zero-order valence-electron chi connectivity index (χ0n) is 28.4. The third-order valence-electron chi connectivity index (χ3n) is 10.8. The summed E-state index contributed by atoms with van der Waals surface area (Å²) in [6, 6.07) is 33.4. The van der Waals surface area contributed by atoms with Crippen LogP contribution in [0.2, 0.25) is 0 Å². The van der Waals surface area contributed by atoms with E-state index in [1.807, 2.05) is 24.3 Å². The lowest BCUT2D eigenvalue weighted by Crippen LogP contribution is -2.46. The molecule has 2 heterocycles. The molecule has 0 N–H and O–H groups in total. The highest BCUT2D eigenvalue weighted by molar-refractivity contribution is 5.87. The summed E-state index contributed by atoms with van der Waals surface area (Å²) in [6.07, 6.45) is 4.94. The van der Waals surface area contributed by atoms with Crippen LogP contribution < -0.4 is 19.6 Å². The molecular formula is C41H44N6. The summed E-state index contributed by atoms with van der Waals surface area (Å²) < 4.78 is 0. The average molecular weight is 621 g/mol. The number of rotatable bonds is 5. The number of nitrogens with zero attached hydrogens (tertiary/aromatic N) is 6. The van der Waals surface area contributed by atoms with E-state index in [1.54, 1.807) is 0 Å². The molecule has 3 aliphatic rings. The van der Waals surface area contributed by atoms with Crippen LogP contribution in [0, 0.1) is 36.5 Å². The molecule has 4 unspecified atom stereocenters. The number of anilines is 6. The molecule has 0 radical (unpaired) electrons. The van der Waals surface area contributed by atoms with Crippen LogP contribution >= 0.6 is 0 Å². The first kappa shape index (κ1) is 30.7. The Balaban J connectivity index is 1.21. The molecule has 47 heavy (non-hydrogen) atoms. The molecule has 0 spiro atoms. The van der Waals surface area contributed by atoms with Gasteiger partial charge in [-0.1, -0.05) is 36.8 Å². The van der Waals surface area contributed by atoms with Crippen molar-refractivity contribution in [2.45, 2.75) is 97.6 Å². The lowest BCUT2D eigenvalue weighted by molar-refractivity contribution is 0.363. The Morgan fingerprint density at radius 2 is 1.26 bits per heavy atom. The number of nitriles is 2. The molecule has 238 valence electrons. The van der Waals surface area contributed by atoms with Crippen molar-refractivity contribution >= 4 is 34.1 Å². The Bertz CT molecular complexity index is 1910. The van der Waals surface area contributed by atoms with Crippen molar-refractivity contribution in [1.29, 1.82) is 10.5 Å². The number of fused-ring (bicyclic) bond motifs is 2. The van der Waals surface area contributed by atoms with E-state index >= 15 is 0 Å². The summed E-state index contributed by atoms with van der Waals surface area (Å²) in [4.78, 5) is 10.0. The Morgan fingerprint density at radius 1 is 0.660 bits per heavy atom. The summed E-state index contributed by atoms with van der Waals surface area (Å²) in [6.45, 7) is 13.4. The molecule has 7 rings (SSSR count). The minimum absolute atomic E-state index is 0.141. The van der Waals surface area contributed by atoms with Crippen molar-refractivity contribution in [2.24, 2.45) is 0 Å². The van der Waals surface area contributed by atoms with Gasteiger partial charge in [-0.05, 0) is 132 Å². The fraction of sp³-hybridized carbons (Fsp3) is 0.366. The molecule has 2 aliphatic heterocycles. The third kappa shape index (κ3) is 5.08. The van der Waals surface area contributed by atoms with Crippen molar-refractivity contribution < 1.29 is 0 Å². The van der Waals surface area contributed by atoms with Crippen LogP contribution in [0.15, 0.2) is 78.9 Å². The summed E-state index contributed by atoms with van der Waals surface area (Å²) in [5.41, 5.74) is 12.4. The highest BCUT2D eigenvalue weighted by atomic mass is 15.4. The van der Waals surface area contributed by atoms with Gasteiger partial charge in [0.1, 0.15) is 12.3 Å². The highest BCUT2D eigenvalue weighted by Crippen LogP contribution is 2.51. The average Bonchev–Trinajstić information content (AvgIpc) is 3.54. The molecule has 4 aromatic carbocycles. The maximum Gasteiger partial charge on any atom is 0.104 e. The van der Waals surface area contributed by atoms with Gasteiger partial charge in [0.05, 0.1) is 46.0 Å². The largest absolute Gasteiger partial charge is 0.347 e. The number of aryl methyl sites for hydroxylation is 2. The van der Waals surface area contributed by atoms with Crippen molar-refractivity contribution in [3.05, 3.63) is 107 Å². The van der Waals surface area contributed by atoms with Crippen LogP contribution in [0.1, 0.15) is 87.1 Å². The zero-order chi connectivity index (χ0) is 33.0. The van der Waals surface area contributed by atoms with E-state index in [2.05, 4.69) is 128 Å².